The monoisotopic (exact) mass is 374 g/mol. The number of amides is 1. The molecule has 2 aromatic rings. The molecule has 26 heavy (non-hydrogen) atoms. The molecule has 0 spiro atoms. The molecule has 1 saturated heterocycles. The molecule has 0 aliphatic carbocycles. The molecule has 1 aliphatic heterocycles. The smallest absolute Gasteiger partial charge is 0.277 e. The van der Waals surface area contributed by atoms with E-state index in [1.54, 1.807) is 0 Å². The molecule has 0 bridgehead atoms. The first-order chi connectivity index (χ1) is 12.3. The zero-order valence-electron chi connectivity index (χ0n) is 15.9. The number of aromatic nitrogens is 2. The van der Waals surface area contributed by atoms with Crippen LogP contribution in [0.5, 0.6) is 0 Å². The van der Waals surface area contributed by atoms with Gasteiger partial charge in [-0.25, -0.2) is 0 Å². The van der Waals surface area contributed by atoms with Gasteiger partial charge in [0.1, 0.15) is 0 Å². The third-order valence-electron chi connectivity index (χ3n) is 4.58. The van der Waals surface area contributed by atoms with Crippen molar-refractivity contribution in [1.29, 1.82) is 0 Å². The van der Waals surface area contributed by atoms with Crippen molar-refractivity contribution in [2.75, 3.05) is 39.0 Å². The van der Waals surface area contributed by atoms with Gasteiger partial charge in [0.25, 0.3) is 5.22 Å². The maximum absolute atomic E-state index is 12.3. The van der Waals surface area contributed by atoms with Gasteiger partial charge in [-0.15, -0.1) is 10.2 Å². The van der Waals surface area contributed by atoms with E-state index < -0.39 is 0 Å². The third kappa shape index (κ3) is 4.65. The highest BCUT2D eigenvalue weighted by Crippen LogP contribution is 2.27. The van der Waals surface area contributed by atoms with E-state index in [1.807, 2.05) is 17.0 Å². The summed E-state index contributed by atoms with van der Waals surface area (Å²) in [5.74, 6) is 0.936. The van der Waals surface area contributed by atoms with Crippen molar-refractivity contribution in [3.8, 4) is 11.5 Å². The number of hydrogen-bond donors (Lipinski definition) is 0. The number of piperazine rings is 1. The van der Waals surface area contributed by atoms with E-state index in [1.165, 1.54) is 17.3 Å². The molecule has 2 heterocycles. The summed E-state index contributed by atoms with van der Waals surface area (Å²) >= 11 is 1.30. The normalized spacial score (nSPS) is 16.1. The fourth-order valence-electron chi connectivity index (χ4n) is 2.77. The highest BCUT2D eigenvalue weighted by atomic mass is 32.2. The molecule has 1 amide bonds. The molecule has 0 atom stereocenters. The van der Waals surface area contributed by atoms with Gasteiger partial charge in [-0.1, -0.05) is 44.7 Å². The lowest BCUT2D eigenvalue weighted by Crippen LogP contribution is -2.47. The van der Waals surface area contributed by atoms with E-state index in [2.05, 4.69) is 55.0 Å². The second-order valence-electron chi connectivity index (χ2n) is 7.67. The molecule has 1 fully saturated rings. The molecule has 0 unspecified atom stereocenters. The van der Waals surface area contributed by atoms with Crippen LogP contribution in [0.3, 0.4) is 0 Å². The van der Waals surface area contributed by atoms with E-state index in [9.17, 15) is 4.79 Å². The Morgan fingerprint density at radius 1 is 1.12 bits per heavy atom. The topological polar surface area (TPSA) is 62.5 Å². The number of nitrogens with zero attached hydrogens (tertiary/aromatic N) is 4. The lowest BCUT2D eigenvalue weighted by molar-refractivity contribution is -0.129. The first kappa shape index (κ1) is 18.9. The molecule has 140 valence electrons. The summed E-state index contributed by atoms with van der Waals surface area (Å²) in [4.78, 5) is 16.4. The van der Waals surface area contributed by atoms with Crippen LogP contribution in [-0.2, 0) is 10.2 Å². The fraction of sp³-hybridized carbons (Fsp3) is 0.526. The van der Waals surface area contributed by atoms with Crippen molar-refractivity contribution in [2.24, 2.45) is 0 Å². The second kappa shape index (κ2) is 7.80. The van der Waals surface area contributed by atoms with Crippen LogP contribution in [0.2, 0.25) is 0 Å². The maximum atomic E-state index is 12.3. The van der Waals surface area contributed by atoms with E-state index in [-0.39, 0.29) is 11.3 Å². The number of carbonyl (C=O) groups is 1. The molecular formula is C19H26N4O2S. The average Bonchev–Trinajstić information content (AvgIpc) is 3.09. The summed E-state index contributed by atoms with van der Waals surface area (Å²) in [5, 5.41) is 8.60. The summed E-state index contributed by atoms with van der Waals surface area (Å²) in [6.45, 7) is 9.95. The van der Waals surface area contributed by atoms with Crippen molar-refractivity contribution in [2.45, 2.75) is 31.4 Å². The molecular weight excluding hydrogens is 348 g/mol. The summed E-state index contributed by atoms with van der Waals surface area (Å²) in [5.41, 5.74) is 2.26. The minimum Gasteiger partial charge on any atom is -0.411 e. The number of hydrogen-bond acceptors (Lipinski definition) is 6. The number of carbonyl (C=O) groups excluding carboxylic acids is 1. The predicted octanol–water partition coefficient (Wildman–Crippen LogP) is 2.90. The van der Waals surface area contributed by atoms with E-state index >= 15 is 0 Å². The Bertz CT molecular complexity index is 744. The first-order valence-corrected chi connectivity index (χ1v) is 9.85. The van der Waals surface area contributed by atoms with Gasteiger partial charge in [0.2, 0.25) is 11.8 Å². The number of rotatable bonds is 4. The molecule has 1 aromatic heterocycles. The zero-order valence-corrected chi connectivity index (χ0v) is 16.7. The lowest BCUT2D eigenvalue weighted by Gasteiger charge is -2.32. The van der Waals surface area contributed by atoms with Crippen LogP contribution >= 0.6 is 11.8 Å². The van der Waals surface area contributed by atoms with Crippen LogP contribution in [0.25, 0.3) is 11.5 Å². The summed E-state index contributed by atoms with van der Waals surface area (Å²) in [7, 11) is 2.07. The van der Waals surface area contributed by atoms with Gasteiger partial charge in [0, 0.05) is 31.7 Å². The molecule has 7 heteroatoms. The highest BCUT2D eigenvalue weighted by Gasteiger charge is 2.20. The van der Waals surface area contributed by atoms with E-state index in [0.29, 0.717) is 16.9 Å². The first-order valence-electron chi connectivity index (χ1n) is 8.86. The lowest BCUT2D eigenvalue weighted by atomic mass is 9.87. The largest absolute Gasteiger partial charge is 0.411 e. The Labute approximate surface area is 159 Å². The molecule has 6 nitrogen and oxygen atoms in total. The van der Waals surface area contributed by atoms with E-state index in [0.717, 1.165) is 31.7 Å². The van der Waals surface area contributed by atoms with Crippen LogP contribution in [0.15, 0.2) is 33.9 Å². The molecule has 3 rings (SSSR count). The molecule has 0 saturated carbocycles. The zero-order chi connectivity index (χ0) is 18.7. The van der Waals surface area contributed by atoms with Gasteiger partial charge >= 0.3 is 0 Å². The van der Waals surface area contributed by atoms with Crippen molar-refractivity contribution in [3.05, 3.63) is 29.8 Å². The van der Waals surface area contributed by atoms with Gasteiger partial charge in [0.05, 0.1) is 5.75 Å². The van der Waals surface area contributed by atoms with Gasteiger partial charge < -0.3 is 14.2 Å². The number of benzene rings is 1. The van der Waals surface area contributed by atoms with Gasteiger partial charge in [-0.05, 0) is 30.2 Å². The number of likely N-dealkylation sites (N-methyl/N-ethyl adjacent to an activating group) is 1. The number of thioether (sulfide) groups is 1. The van der Waals surface area contributed by atoms with Crippen LogP contribution in [0.1, 0.15) is 26.3 Å². The molecule has 0 N–H and O–H groups in total. The Morgan fingerprint density at radius 2 is 1.77 bits per heavy atom. The van der Waals surface area contributed by atoms with Crippen LogP contribution in [0.4, 0.5) is 0 Å². The molecule has 1 aromatic carbocycles. The minimum atomic E-state index is 0.109. The minimum absolute atomic E-state index is 0.109. The standard InChI is InChI=1S/C19H26N4O2S/c1-19(2,3)15-7-5-14(6-8-15)17-20-21-18(25-17)26-13-16(24)23-11-9-22(4)10-12-23/h5-8H,9-13H2,1-4H3. The van der Waals surface area contributed by atoms with E-state index in [4.69, 9.17) is 4.42 Å². The fourth-order valence-corrected chi connectivity index (χ4v) is 3.43. The summed E-state index contributed by atoms with van der Waals surface area (Å²) in [6.07, 6.45) is 0. The van der Waals surface area contributed by atoms with Gasteiger partial charge in [0.15, 0.2) is 0 Å². The Morgan fingerprint density at radius 3 is 2.38 bits per heavy atom. The second-order valence-corrected chi connectivity index (χ2v) is 8.60. The molecule has 1 aliphatic rings. The third-order valence-corrected chi connectivity index (χ3v) is 5.38. The Balaban J connectivity index is 1.57. The van der Waals surface area contributed by atoms with Crippen molar-refractivity contribution in [1.82, 2.24) is 20.0 Å². The summed E-state index contributed by atoms with van der Waals surface area (Å²) in [6, 6.07) is 8.17. The average molecular weight is 375 g/mol. The predicted molar refractivity (Wildman–Crippen MR) is 103 cm³/mol. The van der Waals surface area contributed by atoms with Crippen molar-refractivity contribution >= 4 is 17.7 Å². The van der Waals surface area contributed by atoms with Crippen molar-refractivity contribution in [3.63, 3.8) is 0 Å². The van der Waals surface area contributed by atoms with Crippen LogP contribution < -0.4 is 0 Å². The van der Waals surface area contributed by atoms with Crippen molar-refractivity contribution < 1.29 is 9.21 Å². The van der Waals surface area contributed by atoms with Gasteiger partial charge in [-0.2, -0.15) is 0 Å². The maximum Gasteiger partial charge on any atom is 0.277 e. The van der Waals surface area contributed by atoms with Crippen LogP contribution in [-0.4, -0.2) is 64.9 Å². The highest BCUT2D eigenvalue weighted by molar-refractivity contribution is 7.99. The Hall–Kier alpha value is -1.86. The summed E-state index contributed by atoms with van der Waals surface area (Å²) < 4.78 is 5.71. The SMILES string of the molecule is CN1CCN(C(=O)CSc2nnc(-c3ccc(C(C)(C)C)cc3)o2)CC1. The van der Waals surface area contributed by atoms with Gasteiger partial charge in [-0.3, -0.25) is 4.79 Å². The van der Waals surface area contributed by atoms with Crippen LogP contribution in [0, 0.1) is 0 Å². The Kier molecular flexibility index (Phi) is 5.67. The quantitative estimate of drug-likeness (QED) is 0.767. The molecule has 0 radical (unpaired) electrons.